The van der Waals surface area contributed by atoms with Gasteiger partial charge < -0.3 is 14.6 Å². The highest BCUT2D eigenvalue weighted by Crippen LogP contribution is 2.30. The van der Waals surface area contributed by atoms with Crippen LogP contribution < -0.4 is 10.9 Å². The van der Waals surface area contributed by atoms with Gasteiger partial charge >= 0.3 is 6.09 Å². The largest absolute Gasteiger partial charge is 0.444 e. The second kappa shape index (κ2) is 4.62. The highest BCUT2D eigenvalue weighted by molar-refractivity contribution is 5.84. The number of amides is 1. The Labute approximate surface area is 122 Å². The molecule has 1 N–H and O–H groups in total. The Morgan fingerprint density at radius 3 is 2.76 bits per heavy atom. The van der Waals surface area contributed by atoms with Gasteiger partial charge in [-0.3, -0.25) is 4.79 Å². The van der Waals surface area contributed by atoms with Gasteiger partial charge in [-0.25, -0.2) is 4.79 Å². The Morgan fingerprint density at radius 1 is 1.29 bits per heavy atom. The second-order valence-corrected chi connectivity index (χ2v) is 6.27. The summed E-state index contributed by atoms with van der Waals surface area (Å²) in [6.07, 6.45) is -0.467. The molecule has 5 heteroatoms. The van der Waals surface area contributed by atoms with Crippen molar-refractivity contribution in [3.63, 3.8) is 0 Å². The van der Waals surface area contributed by atoms with E-state index in [1.165, 1.54) is 0 Å². The van der Waals surface area contributed by atoms with Crippen molar-refractivity contribution in [1.82, 2.24) is 9.88 Å². The number of carbonyl (C=O) groups is 1. The summed E-state index contributed by atoms with van der Waals surface area (Å²) in [5, 5.41) is 3.85. The number of rotatable bonds is 1. The van der Waals surface area contributed by atoms with Gasteiger partial charge in [0.25, 0.3) is 5.56 Å². The van der Waals surface area contributed by atoms with E-state index in [1.54, 1.807) is 10.6 Å². The Kier molecular flexibility index (Phi) is 3.01. The van der Waals surface area contributed by atoms with Gasteiger partial charge in [-0.2, -0.15) is 0 Å². The number of aromatic nitrogens is 1. The van der Waals surface area contributed by atoms with E-state index < -0.39 is 11.7 Å². The van der Waals surface area contributed by atoms with Gasteiger partial charge in [-0.05, 0) is 32.2 Å². The van der Waals surface area contributed by atoms with E-state index in [2.05, 4.69) is 5.32 Å². The van der Waals surface area contributed by atoms with Crippen molar-refractivity contribution in [2.75, 3.05) is 0 Å². The summed E-state index contributed by atoms with van der Waals surface area (Å²) >= 11 is 0. The van der Waals surface area contributed by atoms with Crippen LogP contribution in [0.2, 0.25) is 0 Å². The summed E-state index contributed by atoms with van der Waals surface area (Å²) in [6.45, 7) is 5.90. The third-order valence-electron chi connectivity index (χ3n) is 3.47. The zero-order valence-corrected chi connectivity index (χ0v) is 12.3. The number of alkyl carbamates (subject to hydrolysis) is 1. The van der Waals surface area contributed by atoms with Gasteiger partial charge in [0, 0.05) is 11.6 Å². The molecule has 0 unspecified atom stereocenters. The number of nitrogens with one attached hydrogen (secondary N) is 1. The molecule has 1 atom stereocenters. The van der Waals surface area contributed by atoms with E-state index in [0.29, 0.717) is 6.54 Å². The van der Waals surface area contributed by atoms with Crippen LogP contribution in [0.25, 0.3) is 10.9 Å². The lowest BCUT2D eigenvalue weighted by atomic mass is 10.1. The van der Waals surface area contributed by atoms with Crippen LogP contribution in [-0.2, 0) is 11.3 Å². The normalized spacial score (nSPS) is 17.0. The lowest BCUT2D eigenvalue weighted by Gasteiger charge is -2.22. The molecule has 1 aromatic heterocycles. The number of carbonyl (C=O) groups excluding carboxylic acids is 1. The van der Waals surface area contributed by atoms with E-state index >= 15 is 0 Å². The molecule has 2 heterocycles. The lowest BCUT2D eigenvalue weighted by Crippen LogP contribution is -2.35. The van der Waals surface area contributed by atoms with Crippen molar-refractivity contribution >= 4 is 17.0 Å². The van der Waals surface area contributed by atoms with Gasteiger partial charge in [0.1, 0.15) is 5.60 Å². The molecule has 1 aliphatic heterocycles. The molecule has 5 nitrogen and oxygen atoms in total. The van der Waals surface area contributed by atoms with Crippen molar-refractivity contribution in [3.05, 3.63) is 46.2 Å². The number of hydrogen-bond acceptors (Lipinski definition) is 3. The average Bonchev–Trinajstić information content (AvgIpc) is 2.73. The topological polar surface area (TPSA) is 60.3 Å². The molecule has 110 valence electrons. The van der Waals surface area contributed by atoms with Crippen LogP contribution in [0, 0.1) is 0 Å². The molecule has 21 heavy (non-hydrogen) atoms. The van der Waals surface area contributed by atoms with E-state index in [0.717, 1.165) is 16.5 Å². The van der Waals surface area contributed by atoms with E-state index in [9.17, 15) is 9.59 Å². The van der Waals surface area contributed by atoms with Gasteiger partial charge in [-0.15, -0.1) is 0 Å². The predicted molar refractivity (Wildman–Crippen MR) is 80.3 cm³/mol. The number of pyridine rings is 1. The number of benzene rings is 1. The zero-order valence-electron chi connectivity index (χ0n) is 12.3. The SMILES string of the molecule is CC(C)(C)OC(=O)N[C@H]1Cn2c(=O)ccc3cccc1c32. The first-order chi connectivity index (χ1) is 9.85. The van der Waals surface area contributed by atoms with Crippen molar-refractivity contribution in [1.29, 1.82) is 0 Å². The minimum absolute atomic E-state index is 0.0524. The molecule has 1 aliphatic rings. The maximum absolute atomic E-state index is 12.0. The Bertz CT molecular complexity index is 771. The zero-order chi connectivity index (χ0) is 15.2. The fourth-order valence-electron chi connectivity index (χ4n) is 2.70. The second-order valence-electron chi connectivity index (χ2n) is 6.27. The Balaban J connectivity index is 1.93. The molecule has 1 aromatic carbocycles. The summed E-state index contributed by atoms with van der Waals surface area (Å²) in [4.78, 5) is 23.9. The molecule has 0 saturated carbocycles. The van der Waals surface area contributed by atoms with E-state index in [-0.39, 0.29) is 11.6 Å². The highest BCUT2D eigenvalue weighted by Gasteiger charge is 2.28. The summed E-state index contributed by atoms with van der Waals surface area (Å²) in [5.41, 5.74) is 1.25. The van der Waals surface area contributed by atoms with E-state index in [4.69, 9.17) is 4.74 Å². The number of nitrogens with zero attached hydrogens (tertiary/aromatic N) is 1. The van der Waals surface area contributed by atoms with Gasteiger partial charge in [-0.1, -0.05) is 18.2 Å². The fraction of sp³-hybridized carbons (Fsp3) is 0.375. The lowest BCUT2D eigenvalue weighted by molar-refractivity contribution is 0.0501. The third kappa shape index (κ3) is 2.51. The monoisotopic (exact) mass is 286 g/mol. The van der Waals surface area contributed by atoms with Gasteiger partial charge in [0.05, 0.1) is 18.1 Å². The molecule has 0 aliphatic carbocycles. The van der Waals surface area contributed by atoms with Crippen molar-refractivity contribution in [3.8, 4) is 0 Å². The number of hydrogen-bond donors (Lipinski definition) is 1. The maximum Gasteiger partial charge on any atom is 0.408 e. The minimum Gasteiger partial charge on any atom is -0.444 e. The number of para-hydroxylation sites is 1. The fourth-order valence-corrected chi connectivity index (χ4v) is 2.70. The smallest absolute Gasteiger partial charge is 0.408 e. The van der Waals surface area contributed by atoms with Crippen molar-refractivity contribution in [2.24, 2.45) is 0 Å². The maximum atomic E-state index is 12.0. The third-order valence-corrected chi connectivity index (χ3v) is 3.47. The predicted octanol–water partition coefficient (Wildman–Crippen LogP) is 2.58. The van der Waals surface area contributed by atoms with Crippen LogP contribution in [0.4, 0.5) is 4.79 Å². The summed E-state index contributed by atoms with van der Waals surface area (Å²) < 4.78 is 6.99. The minimum atomic E-state index is -0.543. The van der Waals surface area contributed by atoms with Crippen molar-refractivity contribution in [2.45, 2.75) is 39.0 Å². The van der Waals surface area contributed by atoms with Gasteiger partial charge in [0.2, 0.25) is 0 Å². The van der Waals surface area contributed by atoms with Crippen LogP contribution in [0.15, 0.2) is 35.1 Å². The van der Waals surface area contributed by atoms with Gasteiger partial charge in [0.15, 0.2) is 0 Å². The Hall–Kier alpha value is -2.30. The van der Waals surface area contributed by atoms with Crippen LogP contribution in [0.3, 0.4) is 0 Å². The molecule has 2 aromatic rings. The molecule has 0 fully saturated rings. The summed E-state index contributed by atoms with van der Waals surface area (Å²) in [5.74, 6) is 0. The molecule has 1 amide bonds. The standard InChI is InChI=1S/C16H18N2O3/c1-16(2,3)21-15(20)17-12-9-18-13(19)8-7-10-5-4-6-11(12)14(10)18/h4-8,12H,9H2,1-3H3,(H,17,20)/t12-/m0/s1. The molecular weight excluding hydrogens is 268 g/mol. The first kappa shape index (κ1) is 13.7. The molecule has 0 saturated heterocycles. The van der Waals surface area contributed by atoms with Crippen LogP contribution in [-0.4, -0.2) is 16.3 Å². The quantitative estimate of drug-likeness (QED) is 0.876. The first-order valence-electron chi connectivity index (χ1n) is 6.97. The first-order valence-corrected chi connectivity index (χ1v) is 6.97. The molecule has 0 spiro atoms. The number of ether oxygens (including phenoxy) is 1. The van der Waals surface area contributed by atoms with Crippen LogP contribution in [0.1, 0.15) is 32.4 Å². The molecule has 0 radical (unpaired) electrons. The van der Waals surface area contributed by atoms with E-state index in [1.807, 2.05) is 45.0 Å². The highest BCUT2D eigenvalue weighted by atomic mass is 16.6. The average molecular weight is 286 g/mol. The summed E-state index contributed by atoms with van der Waals surface area (Å²) in [6, 6.07) is 8.97. The van der Waals surface area contributed by atoms with Crippen molar-refractivity contribution < 1.29 is 9.53 Å². The molecular formula is C16H18N2O3. The summed E-state index contributed by atoms with van der Waals surface area (Å²) in [7, 11) is 0. The van der Waals surface area contributed by atoms with Crippen LogP contribution >= 0.6 is 0 Å². The van der Waals surface area contributed by atoms with Crippen LogP contribution in [0.5, 0.6) is 0 Å². The molecule has 0 bridgehead atoms. The Morgan fingerprint density at radius 2 is 2.05 bits per heavy atom. The molecule has 3 rings (SSSR count).